The third-order valence-electron chi connectivity index (χ3n) is 4.28. The fourth-order valence-corrected chi connectivity index (χ4v) is 4.09. The van der Waals surface area contributed by atoms with Gasteiger partial charge in [0, 0.05) is 23.3 Å². The Bertz CT molecular complexity index is 1320. The van der Waals surface area contributed by atoms with Crippen molar-refractivity contribution in [2.75, 3.05) is 11.9 Å². The molecule has 0 saturated carbocycles. The molecule has 4 aromatic heterocycles. The van der Waals surface area contributed by atoms with E-state index in [-0.39, 0.29) is 23.0 Å². The molecule has 4 heterocycles. The van der Waals surface area contributed by atoms with Gasteiger partial charge in [-0.25, -0.2) is 14.2 Å². The molecule has 0 aliphatic carbocycles. The van der Waals surface area contributed by atoms with E-state index in [2.05, 4.69) is 57.7 Å². The van der Waals surface area contributed by atoms with Gasteiger partial charge >= 0.3 is 0 Å². The van der Waals surface area contributed by atoms with Crippen molar-refractivity contribution in [1.82, 2.24) is 29.7 Å². The summed E-state index contributed by atoms with van der Waals surface area (Å²) in [6.07, 6.45) is 3.12. The standard InChI is InChI=1S/C19H14Br2ClN7O2/c1-2-23-19(31)16-15(11(20)8-10-5-7-25-28(10)16)26-18(30)13-9-14(21)27-29(13)17-12(22)4-3-6-24-17/h3-9H,2H2,1H3,(H,23,31)(H,26,30). The summed E-state index contributed by atoms with van der Waals surface area (Å²) in [6, 6.07) is 8.38. The fourth-order valence-electron chi connectivity index (χ4n) is 2.99. The van der Waals surface area contributed by atoms with Crippen LogP contribution in [-0.2, 0) is 0 Å². The Balaban J connectivity index is 1.80. The molecule has 4 aromatic rings. The first-order chi connectivity index (χ1) is 14.9. The highest BCUT2D eigenvalue weighted by Crippen LogP contribution is 2.30. The van der Waals surface area contributed by atoms with Gasteiger partial charge in [0.25, 0.3) is 11.8 Å². The number of nitrogens with zero attached hydrogens (tertiary/aromatic N) is 5. The molecule has 4 rings (SSSR count). The van der Waals surface area contributed by atoms with Crippen LogP contribution in [0.4, 0.5) is 5.69 Å². The molecule has 31 heavy (non-hydrogen) atoms. The third kappa shape index (κ3) is 4.08. The van der Waals surface area contributed by atoms with Crippen LogP contribution in [0.15, 0.2) is 51.8 Å². The topological polar surface area (TPSA) is 106 Å². The van der Waals surface area contributed by atoms with Gasteiger partial charge in [-0.3, -0.25) is 9.59 Å². The maximum Gasteiger partial charge on any atom is 0.274 e. The van der Waals surface area contributed by atoms with Crippen molar-refractivity contribution < 1.29 is 9.59 Å². The molecule has 9 nitrogen and oxygen atoms in total. The Morgan fingerprint density at radius 1 is 1.16 bits per heavy atom. The number of hydrogen-bond donors (Lipinski definition) is 2. The maximum atomic E-state index is 13.2. The smallest absolute Gasteiger partial charge is 0.274 e. The van der Waals surface area contributed by atoms with Crippen LogP contribution in [0, 0.1) is 0 Å². The summed E-state index contributed by atoms with van der Waals surface area (Å²) in [5.41, 5.74) is 1.31. The van der Waals surface area contributed by atoms with Crippen LogP contribution in [0.2, 0.25) is 5.02 Å². The molecule has 0 radical (unpaired) electrons. The first kappa shape index (κ1) is 21.5. The summed E-state index contributed by atoms with van der Waals surface area (Å²) in [4.78, 5) is 30.2. The van der Waals surface area contributed by atoms with E-state index in [9.17, 15) is 9.59 Å². The zero-order chi connectivity index (χ0) is 22.1. The van der Waals surface area contributed by atoms with Crippen LogP contribution < -0.4 is 10.6 Å². The summed E-state index contributed by atoms with van der Waals surface area (Å²) in [7, 11) is 0. The fraction of sp³-hybridized carbons (Fsp3) is 0.105. The average molecular weight is 568 g/mol. The Morgan fingerprint density at radius 3 is 2.71 bits per heavy atom. The second-order valence-corrected chi connectivity index (χ2v) is 8.34. The predicted octanol–water partition coefficient (Wildman–Crippen LogP) is 4.10. The predicted molar refractivity (Wildman–Crippen MR) is 123 cm³/mol. The Morgan fingerprint density at radius 2 is 1.97 bits per heavy atom. The van der Waals surface area contributed by atoms with Gasteiger partial charge in [-0.05, 0) is 63.0 Å². The van der Waals surface area contributed by atoms with E-state index in [1.54, 1.807) is 43.6 Å². The van der Waals surface area contributed by atoms with Crippen LogP contribution in [0.5, 0.6) is 0 Å². The maximum absolute atomic E-state index is 13.2. The Kier molecular flexibility index (Phi) is 6.08. The number of fused-ring (bicyclic) bond motifs is 1. The molecule has 0 spiro atoms. The number of carbonyl (C=O) groups is 2. The number of nitrogens with one attached hydrogen (secondary N) is 2. The largest absolute Gasteiger partial charge is 0.351 e. The molecular weight excluding hydrogens is 554 g/mol. The lowest BCUT2D eigenvalue weighted by Gasteiger charge is -2.15. The number of carbonyl (C=O) groups excluding carboxylic acids is 2. The third-order valence-corrected chi connectivity index (χ3v) is 5.58. The molecule has 158 valence electrons. The van der Waals surface area contributed by atoms with Crippen LogP contribution in [0.1, 0.15) is 27.9 Å². The van der Waals surface area contributed by atoms with Crippen LogP contribution >= 0.6 is 43.5 Å². The van der Waals surface area contributed by atoms with Gasteiger partial charge in [-0.1, -0.05) is 11.6 Å². The van der Waals surface area contributed by atoms with Crippen molar-refractivity contribution in [3.63, 3.8) is 0 Å². The Hall–Kier alpha value is -2.76. The number of anilines is 1. The van der Waals surface area contributed by atoms with E-state index >= 15 is 0 Å². The number of pyridine rings is 2. The molecule has 0 atom stereocenters. The van der Waals surface area contributed by atoms with Crippen molar-refractivity contribution in [2.45, 2.75) is 6.92 Å². The van der Waals surface area contributed by atoms with Gasteiger partial charge in [-0.2, -0.15) is 10.2 Å². The van der Waals surface area contributed by atoms with Crippen LogP contribution in [0.3, 0.4) is 0 Å². The lowest BCUT2D eigenvalue weighted by molar-refractivity contribution is 0.0949. The van der Waals surface area contributed by atoms with Crippen molar-refractivity contribution in [2.24, 2.45) is 0 Å². The number of aromatic nitrogens is 5. The minimum absolute atomic E-state index is 0.168. The number of hydrogen-bond acceptors (Lipinski definition) is 5. The number of rotatable bonds is 5. The second kappa shape index (κ2) is 8.77. The van der Waals surface area contributed by atoms with Gasteiger partial charge in [0.1, 0.15) is 10.3 Å². The highest BCUT2D eigenvalue weighted by molar-refractivity contribution is 9.10. The highest BCUT2D eigenvalue weighted by atomic mass is 79.9. The lowest BCUT2D eigenvalue weighted by atomic mass is 10.2. The molecule has 0 aliphatic rings. The van der Waals surface area contributed by atoms with E-state index in [1.807, 2.05) is 0 Å². The Labute approximate surface area is 198 Å². The summed E-state index contributed by atoms with van der Waals surface area (Å²) < 4.78 is 3.74. The van der Waals surface area contributed by atoms with E-state index in [0.29, 0.717) is 32.0 Å². The van der Waals surface area contributed by atoms with Crippen molar-refractivity contribution in [3.8, 4) is 5.82 Å². The molecular formula is C19H14Br2ClN7O2. The zero-order valence-corrected chi connectivity index (χ0v) is 19.9. The van der Waals surface area contributed by atoms with Crippen molar-refractivity contribution in [3.05, 3.63) is 68.2 Å². The van der Waals surface area contributed by atoms with E-state index in [1.165, 1.54) is 15.3 Å². The molecule has 2 amide bonds. The quantitative estimate of drug-likeness (QED) is 0.378. The molecule has 0 aromatic carbocycles. The average Bonchev–Trinajstić information content (AvgIpc) is 3.35. The number of halogens is 3. The first-order valence-electron chi connectivity index (χ1n) is 9.03. The van der Waals surface area contributed by atoms with Crippen LogP contribution in [0.25, 0.3) is 11.3 Å². The lowest BCUT2D eigenvalue weighted by Crippen LogP contribution is -2.28. The molecule has 12 heteroatoms. The minimum atomic E-state index is -0.516. The monoisotopic (exact) mass is 565 g/mol. The van der Waals surface area contributed by atoms with E-state index < -0.39 is 5.91 Å². The normalized spacial score (nSPS) is 11.0. The second-order valence-electron chi connectivity index (χ2n) is 6.27. The van der Waals surface area contributed by atoms with Crippen molar-refractivity contribution >= 4 is 66.5 Å². The van der Waals surface area contributed by atoms with Crippen LogP contribution in [-0.4, -0.2) is 42.7 Å². The minimum Gasteiger partial charge on any atom is -0.351 e. The molecule has 0 bridgehead atoms. The molecule has 0 aliphatic heterocycles. The van der Waals surface area contributed by atoms with Gasteiger partial charge in [0.15, 0.2) is 11.5 Å². The molecule has 0 unspecified atom stereocenters. The first-order valence-corrected chi connectivity index (χ1v) is 11.0. The van der Waals surface area contributed by atoms with Gasteiger partial charge in [0.2, 0.25) is 0 Å². The summed E-state index contributed by atoms with van der Waals surface area (Å²) in [5, 5.41) is 14.4. The number of amides is 2. The van der Waals surface area contributed by atoms with Gasteiger partial charge in [0.05, 0.1) is 22.4 Å². The summed E-state index contributed by atoms with van der Waals surface area (Å²) in [5.74, 6) is -0.599. The summed E-state index contributed by atoms with van der Waals surface area (Å²) >= 11 is 13.0. The zero-order valence-electron chi connectivity index (χ0n) is 15.9. The summed E-state index contributed by atoms with van der Waals surface area (Å²) in [6.45, 7) is 2.22. The molecule has 0 saturated heterocycles. The van der Waals surface area contributed by atoms with E-state index in [0.717, 1.165) is 0 Å². The molecule has 2 N–H and O–H groups in total. The molecule has 0 fully saturated rings. The SMILES string of the molecule is CCNC(=O)c1c(NC(=O)c2cc(Br)nn2-c2ncccc2Cl)c(Br)cc2ccnn12. The highest BCUT2D eigenvalue weighted by Gasteiger charge is 2.24. The van der Waals surface area contributed by atoms with E-state index in [4.69, 9.17) is 11.6 Å². The van der Waals surface area contributed by atoms with Gasteiger partial charge in [-0.15, -0.1) is 0 Å². The van der Waals surface area contributed by atoms with Gasteiger partial charge < -0.3 is 10.6 Å². The van der Waals surface area contributed by atoms with Crippen molar-refractivity contribution in [1.29, 1.82) is 0 Å².